The molecule has 0 aliphatic rings. The minimum Gasteiger partial charge on any atom is -0.481 e. The molecule has 0 fully saturated rings. The fraction of sp³-hybridized carbons (Fsp3) is 0.750. The monoisotopic (exact) mass is 223 g/mol. The van der Waals surface area contributed by atoms with E-state index < -0.39 is 24.5 Å². The number of carbonyl (C=O) groups is 2. The summed E-state index contributed by atoms with van der Waals surface area (Å²) in [6, 6.07) is 0. The molecule has 15 heavy (non-hydrogen) atoms. The van der Waals surface area contributed by atoms with Gasteiger partial charge in [0.05, 0.1) is 6.42 Å². The number of carboxylic acids is 2. The summed E-state index contributed by atoms with van der Waals surface area (Å²) in [4.78, 5) is 21.1. The van der Waals surface area contributed by atoms with Crippen LogP contribution in [0.3, 0.4) is 0 Å². The second-order valence-electron chi connectivity index (χ2n) is 3.05. The van der Waals surface area contributed by atoms with E-state index >= 15 is 0 Å². The van der Waals surface area contributed by atoms with Crippen LogP contribution in [0.2, 0.25) is 0 Å². The molecule has 2 unspecified atom stereocenters. The van der Waals surface area contributed by atoms with Gasteiger partial charge in [-0.3, -0.25) is 9.69 Å². The van der Waals surface area contributed by atoms with Crippen LogP contribution in [0.25, 0.3) is 0 Å². The zero-order valence-electron chi connectivity index (χ0n) is 8.91. The largest absolute Gasteiger partial charge is 0.481 e. The normalized spacial score (nSPS) is 13.7. The first-order valence-electron chi connectivity index (χ1n) is 4.15. The van der Waals surface area contributed by atoms with Crippen molar-refractivity contribution in [1.82, 2.24) is 4.90 Å². The Bertz CT molecular complexity index is 197. The van der Waals surface area contributed by atoms with Crippen molar-refractivity contribution in [1.29, 1.82) is 0 Å². The number of rotatable bonds is 4. The van der Waals surface area contributed by atoms with Crippen molar-refractivity contribution in [3.05, 3.63) is 0 Å². The van der Waals surface area contributed by atoms with Gasteiger partial charge >= 0.3 is 11.9 Å². The topological polar surface area (TPSA) is 118 Å². The molecule has 0 saturated carbocycles. The third-order valence-corrected chi connectivity index (χ3v) is 1.40. The van der Waals surface area contributed by atoms with Gasteiger partial charge in [0.2, 0.25) is 0 Å². The maximum absolute atomic E-state index is 9.72. The summed E-state index contributed by atoms with van der Waals surface area (Å²) in [6.07, 6.45) is -2.86. The van der Waals surface area contributed by atoms with E-state index in [1.165, 1.54) is 0 Å². The Hall–Kier alpha value is -1.18. The van der Waals surface area contributed by atoms with Gasteiger partial charge in [-0.2, -0.15) is 0 Å². The average molecular weight is 223 g/mol. The Morgan fingerprint density at radius 3 is 1.60 bits per heavy atom. The molecule has 0 heterocycles. The fourth-order valence-electron chi connectivity index (χ4n) is 0.253. The SMILES string of the molecule is CC(O)N(C)C.O=C(O)CC(O)C(=O)O. The second-order valence-corrected chi connectivity index (χ2v) is 3.05. The third-order valence-electron chi connectivity index (χ3n) is 1.40. The molecule has 4 N–H and O–H groups in total. The van der Waals surface area contributed by atoms with Crippen molar-refractivity contribution in [3.8, 4) is 0 Å². The number of aliphatic hydroxyl groups excluding tert-OH is 2. The zero-order valence-corrected chi connectivity index (χ0v) is 8.91. The Morgan fingerprint density at radius 2 is 1.53 bits per heavy atom. The van der Waals surface area contributed by atoms with Crippen LogP contribution in [0, 0.1) is 0 Å². The molecule has 7 heteroatoms. The van der Waals surface area contributed by atoms with E-state index in [0.29, 0.717) is 0 Å². The van der Waals surface area contributed by atoms with E-state index in [1.54, 1.807) is 11.8 Å². The molecular formula is C8H17NO6. The molecule has 0 aliphatic heterocycles. The van der Waals surface area contributed by atoms with E-state index in [-0.39, 0.29) is 6.23 Å². The molecule has 0 aromatic rings. The van der Waals surface area contributed by atoms with Crippen LogP contribution in [-0.4, -0.2) is 63.7 Å². The van der Waals surface area contributed by atoms with Gasteiger partial charge < -0.3 is 20.4 Å². The maximum atomic E-state index is 9.72. The number of aliphatic hydroxyl groups is 2. The Balaban J connectivity index is 0. The van der Waals surface area contributed by atoms with Crippen LogP contribution in [0.4, 0.5) is 0 Å². The molecule has 0 rings (SSSR count). The highest BCUT2D eigenvalue weighted by Crippen LogP contribution is 1.89. The van der Waals surface area contributed by atoms with Crippen molar-refractivity contribution < 1.29 is 30.0 Å². The number of hydrogen-bond donors (Lipinski definition) is 4. The second kappa shape index (κ2) is 8.16. The number of hydrogen-bond acceptors (Lipinski definition) is 5. The van der Waals surface area contributed by atoms with Crippen LogP contribution < -0.4 is 0 Å². The summed E-state index contributed by atoms with van der Waals surface area (Å²) in [5.41, 5.74) is 0. The predicted octanol–water partition coefficient (Wildman–Crippen LogP) is -1.21. The van der Waals surface area contributed by atoms with Gasteiger partial charge in [-0.25, -0.2) is 4.79 Å². The zero-order chi connectivity index (χ0) is 12.6. The predicted molar refractivity (Wildman–Crippen MR) is 51.3 cm³/mol. The molecule has 0 bridgehead atoms. The van der Waals surface area contributed by atoms with Crippen molar-refractivity contribution in [2.24, 2.45) is 0 Å². The molecule has 90 valence electrons. The minimum absolute atomic E-state index is 0.315. The van der Waals surface area contributed by atoms with Gasteiger partial charge in [-0.1, -0.05) is 0 Å². The van der Waals surface area contributed by atoms with E-state index in [4.69, 9.17) is 20.4 Å². The van der Waals surface area contributed by atoms with Crippen LogP contribution >= 0.6 is 0 Å². The molecule has 0 aromatic heterocycles. The quantitative estimate of drug-likeness (QED) is 0.442. The van der Waals surface area contributed by atoms with Crippen molar-refractivity contribution in [3.63, 3.8) is 0 Å². The molecule has 0 saturated heterocycles. The Labute approximate surface area is 87.6 Å². The van der Waals surface area contributed by atoms with Crippen LogP contribution in [0.15, 0.2) is 0 Å². The first-order valence-corrected chi connectivity index (χ1v) is 4.15. The number of carboxylic acid groups (broad SMARTS) is 2. The third kappa shape index (κ3) is 12.8. The molecule has 7 nitrogen and oxygen atoms in total. The summed E-state index contributed by atoms with van der Waals surface area (Å²) in [6.45, 7) is 1.72. The summed E-state index contributed by atoms with van der Waals surface area (Å²) < 4.78 is 0. The maximum Gasteiger partial charge on any atom is 0.333 e. The van der Waals surface area contributed by atoms with E-state index in [0.717, 1.165) is 0 Å². The summed E-state index contributed by atoms with van der Waals surface area (Å²) >= 11 is 0. The minimum atomic E-state index is -1.79. The lowest BCUT2D eigenvalue weighted by Crippen LogP contribution is -2.23. The number of nitrogens with zero attached hydrogens (tertiary/aromatic N) is 1. The molecule has 0 radical (unpaired) electrons. The first-order chi connectivity index (χ1) is 6.68. The molecule has 0 spiro atoms. The van der Waals surface area contributed by atoms with Crippen molar-refractivity contribution >= 4 is 11.9 Å². The molecular weight excluding hydrogens is 206 g/mol. The lowest BCUT2D eigenvalue weighted by Gasteiger charge is -2.11. The van der Waals surface area contributed by atoms with Gasteiger partial charge in [0, 0.05) is 0 Å². The van der Waals surface area contributed by atoms with Crippen molar-refractivity contribution in [2.75, 3.05) is 14.1 Å². The van der Waals surface area contributed by atoms with Gasteiger partial charge in [-0.15, -0.1) is 0 Å². The van der Waals surface area contributed by atoms with Gasteiger partial charge in [0.25, 0.3) is 0 Å². The fourth-order valence-corrected chi connectivity index (χ4v) is 0.253. The lowest BCUT2D eigenvalue weighted by atomic mass is 10.3. The van der Waals surface area contributed by atoms with E-state index in [9.17, 15) is 9.59 Å². The molecule has 0 aliphatic carbocycles. The average Bonchev–Trinajstić information content (AvgIpc) is 2.03. The smallest absolute Gasteiger partial charge is 0.333 e. The lowest BCUT2D eigenvalue weighted by molar-refractivity contribution is -0.152. The highest BCUT2D eigenvalue weighted by atomic mass is 16.4. The highest BCUT2D eigenvalue weighted by molar-refractivity contribution is 5.79. The van der Waals surface area contributed by atoms with Gasteiger partial charge in [-0.05, 0) is 21.0 Å². The van der Waals surface area contributed by atoms with Gasteiger partial charge in [0.15, 0.2) is 6.10 Å². The van der Waals surface area contributed by atoms with E-state index in [2.05, 4.69) is 0 Å². The summed E-state index contributed by atoms with van der Waals surface area (Å²) in [5.74, 6) is -2.85. The van der Waals surface area contributed by atoms with Gasteiger partial charge in [0.1, 0.15) is 6.23 Å². The van der Waals surface area contributed by atoms with Crippen molar-refractivity contribution in [2.45, 2.75) is 25.7 Å². The van der Waals surface area contributed by atoms with Crippen LogP contribution in [-0.2, 0) is 9.59 Å². The molecule has 0 aromatic carbocycles. The molecule has 0 amide bonds. The standard InChI is InChI=1S/C4H11NO.C4H6O5/c1-4(6)5(2)3;5-2(4(8)9)1-3(6)7/h4,6H,1-3H3;2,5H,1H2,(H,6,7)(H,8,9). The summed E-state index contributed by atoms with van der Waals surface area (Å²) in [5, 5.41) is 32.7. The van der Waals surface area contributed by atoms with Crippen LogP contribution in [0.5, 0.6) is 0 Å². The first kappa shape index (κ1) is 16.3. The Morgan fingerprint density at radius 1 is 1.20 bits per heavy atom. The highest BCUT2D eigenvalue weighted by Gasteiger charge is 2.16. The van der Waals surface area contributed by atoms with Crippen LogP contribution in [0.1, 0.15) is 13.3 Å². The summed E-state index contributed by atoms with van der Waals surface area (Å²) in [7, 11) is 3.65. The van der Waals surface area contributed by atoms with E-state index in [1.807, 2.05) is 14.1 Å². The number of aliphatic carboxylic acids is 2. The molecule has 2 atom stereocenters. The Kier molecular flexibility index (Phi) is 8.84.